The Balaban J connectivity index is 1.55. The molecular formula is C17H21BrFN. The van der Waals surface area contributed by atoms with Gasteiger partial charge >= 0.3 is 0 Å². The number of halogens is 2. The van der Waals surface area contributed by atoms with Crippen molar-refractivity contribution in [1.29, 1.82) is 0 Å². The van der Waals surface area contributed by atoms with Crippen LogP contribution in [0.15, 0.2) is 16.6 Å². The summed E-state index contributed by atoms with van der Waals surface area (Å²) in [5.41, 5.74) is 2.11. The van der Waals surface area contributed by atoms with Gasteiger partial charge in [0.15, 0.2) is 0 Å². The summed E-state index contributed by atoms with van der Waals surface area (Å²) in [5, 5.41) is 3.72. The fourth-order valence-corrected chi connectivity index (χ4v) is 5.58. The predicted molar refractivity (Wildman–Crippen MR) is 83.3 cm³/mol. The minimum absolute atomic E-state index is 0.170. The topological polar surface area (TPSA) is 12.0 Å². The first-order chi connectivity index (χ1) is 9.63. The number of benzene rings is 1. The molecule has 3 heteroatoms. The van der Waals surface area contributed by atoms with Crippen molar-refractivity contribution >= 4 is 21.6 Å². The van der Waals surface area contributed by atoms with Crippen molar-refractivity contribution in [1.82, 2.24) is 0 Å². The Labute approximate surface area is 128 Å². The Kier molecular flexibility index (Phi) is 3.10. The fourth-order valence-electron chi connectivity index (χ4n) is 5.24. The monoisotopic (exact) mass is 337 g/mol. The van der Waals surface area contributed by atoms with Crippen LogP contribution in [0.25, 0.3) is 0 Å². The SMILES string of the molecule is Cc1cc(F)c(Br)cc1NC1CC2CC1C1CCCC21. The third kappa shape index (κ3) is 1.93. The number of hydrogen-bond acceptors (Lipinski definition) is 1. The number of aryl methyl sites for hydroxylation is 1. The Morgan fingerprint density at radius 1 is 1.15 bits per heavy atom. The van der Waals surface area contributed by atoms with E-state index in [1.807, 2.05) is 13.0 Å². The molecule has 1 nitrogen and oxygen atoms in total. The molecule has 0 aromatic heterocycles. The molecule has 5 atom stereocenters. The van der Waals surface area contributed by atoms with Crippen LogP contribution < -0.4 is 5.32 Å². The molecule has 108 valence electrons. The van der Waals surface area contributed by atoms with Crippen molar-refractivity contribution in [3.8, 4) is 0 Å². The lowest BCUT2D eigenvalue weighted by atomic mass is 9.79. The molecule has 3 fully saturated rings. The van der Waals surface area contributed by atoms with Crippen LogP contribution >= 0.6 is 15.9 Å². The van der Waals surface area contributed by atoms with Crippen molar-refractivity contribution < 1.29 is 4.39 Å². The number of anilines is 1. The standard InChI is InChI=1S/C17H21BrFN/c1-9-5-15(19)14(18)8-16(9)20-17-7-10-6-13(17)12-4-2-3-11(10)12/h5,8,10-13,17,20H,2-4,6-7H2,1H3. The zero-order chi connectivity index (χ0) is 13.9. The van der Waals surface area contributed by atoms with E-state index in [-0.39, 0.29) is 5.82 Å². The predicted octanol–water partition coefficient (Wildman–Crippen LogP) is 5.13. The van der Waals surface area contributed by atoms with Crippen LogP contribution in [0.2, 0.25) is 0 Å². The summed E-state index contributed by atoms with van der Waals surface area (Å²) in [4.78, 5) is 0. The molecule has 3 aliphatic rings. The van der Waals surface area contributed by atoms with E-state index in [0.717, 1.165) is 34.9 Å². The average Bonchev–Trinajstić information content (AvgIpc) is 3.07. The van der Waals surface area contributed by atoms with Crippen LogP contribution in [0, 0.1) is 36.4 Å². The summed E-state index contributed by atoms with van der Waals surface area (Å²) in [6, 6.07) is 4.14. The minimum Gasteiger partial charge on any atom is -0.382 e. The lowest BCUT2D eigenvalue weighted by Crippen LogP contribution is -2.34. The minimum atomic E-state index is -0.170. The third-order valence-corrected chi connectivity index (χ3v) is 6.64. The van der Waals surface area contributed by atoms with Gasteiger partial charge in [0.1, 0.15) is 5.82 Å². The molecule has 20 heavy (non-hydrogen) atoms. The van der Waals surface area contributed by atoms with Gasteiger partial charge in [-0.25, -0.2) is 4.39 Å². The number of nitrogens with one attached hydrogen (secondary N) is 1. The fraction of sp³-hybridized carbons (Fsp3) is 0.647. The lowest BCUT2D eigenvalue weighted by Gasteiger charge is -2.33. The van der Waals surface area contributed by atoms with Gasteiger partial charge in [-0.2, -0.15) is 0 Å². The Morgan fingerprint density at radius 3 is 2.80 bits per heavy atom. The molecule has 2 bridgehead atoms. The van der Waals surface area contributed by atoms with Gasteiger partial charge in [0.25, 0.3) is 0 Å². The highest BCUT2D eigenvalue weighted by atomic mass is 79.9. The van der Waals surface area contributed by atoms with Crippen LogP contribution in [0.1, 0.15) is 37.7 Å². The van der Waals surface area contributed by atoms with Crippen LogP contribution in [0.5, 0.6) is 0 Å². The van der Waals surface area contributed by atoms with E-state index in [9.17, 15) is 4.39 Å². The molecule has 0 heterocycles. The molecule has 1 aromatic rings. The highest BCUT2D eigenvalue weighted by molar-refractivity contribution is 9.10. The highest BCUT2D eigenvalue weighted by Gasteiger charge is 2.53. The van der Waals surface area contributed by atoms with Gasteiger partial charge in [-0.3, -0.25) is 0 Å². The van der Waals surface area contributed by atoms with E-state index in [1.165, 1.54) is 32.1 Å². The Morgan fingerprint density at radius 2 is 1.95 bits per heavy atom. The molecule has 3 aliphatic carbocycles. The third-order valence-electron chi connectivity index (χ3n) is 6.04. The maximum atomic E-state index is 13.5. The van der Waals surface area contributed by atoms with Crippen molar-refractivity contribution in [3.05, 3.63) is 28.0 Å². The molecule has 4 rings (SSSR count). The van der Waals surface area contributed by atoms with E-state index in [4.69, 9.17) is 0 Å². The van der Waals surface area contributed by atoms with Crippen LogP contribution in [-0.4, -0.2) is 6.04 Å². The smallest absolute Gasteiger partial charge is 0.137 e. The summed E-state index contributed by atoms with van der Waals surface area (Å²) in [7, 11) is 0. The largest absolute Gasteiger partial charge is 0.382 e. The van der Waals surface area contributed by atoms with Crippen LogP contribution in [0.4, 0.5) is 10.1 Å². The zero-order valence-electron chi connectivity index (χ0n) is 11.8. The van der Waals surface area contributed by atoms with Crippen molar-refractivity contribution in [3.63, 3.8) is 0 Å². The summed E-state index contributed by atoms with van der Waals surface area (Å²) >= 11 is 3.30. The summed E-state index contributed by atoms with van der Waals surface area (Å²) in [5.74, 6) is 3.64. The van der Waals surface area contributed by atoms with E-state index >= 15 is 0 Å². The Hall–Kier alpha value is -0.570. The summed E-state index contributed by atoms with van der Waals surface area (Å²) < 4.78 is 14.1. The molecule has 3 saturated carbocycles. The van der Waals surface area contributed by atoms with Gasteiger partial charge in [-0.15, -0.1) is 0 Å². The first-order valence-corrected chi connectivity index (χ1v) is 8.65. The quantitative estimate of drug-likeness (QED) is 0.788. The van der Waals surface area contributed by atoms with Gasteiger partial charge in [-0.05, 0) is 89.9 Å². The first-order valence-electron chi connectivity index (χ1n) is 7.85. The van der Waals surface area contributed by atoms with Crippen molar-refractivity contribution in [2.24, 2.45) is 23.7 Å². The lowest BCUT2D eigenvalue weighted by molar-refractivity contribution is 0.243. The Bertz CT molecular complexity index is 544. The molecule has 0 radical (unpaired) electrons. The number of fused-ring (bicyclic) bond motifs is 5. The van der Waals surface area contributed by atoms with Crippen LogP contribution in [0.3, 0.4) is 0 Å². The van der Waals surface area contributed by atoms with Gasteiger partial charge < -0.3 is 5.32 Å². The first kappa shape index (κ1) is 13.1. The molecular weight excluding hydrogens is 317 g/mol. The summed E-state index contributed by atoms with van der Waals surface area (Å²) in [6.45, 7) is 1.99. The second-order valence-corrected chi connectivity index (χ2v) is 7.84. The second-order valence-electron chi connectivity index (χ2n) is 6.99. The van der Waals surface area contributed by atoms with E-state index < -0.39 is 0 Å². The van der Waals surface area contributed by atoms with E-state index in [2.05, 4.69) is 21.2 Å². The molecule has 0 amide bonds. The second kappa shape index (κ2) is 4.72. The highest BCUT2D eigenvalue weighted by Crippen LogP contribution is 2.59. The number of rotatable bonds is 2. The van der Waals surface area contributed by atoms with Gasteiger partial charge in [0.05, 0.1) is 4.47 Å². The van der Waals surface area contributed by atoms with Gasteiger partial charge in [0.2, 0.25) is 0 Å². The molecule has 1 aromatic carbocycles. The molecule has 0 spiro atoms. The van der Waals surface area contributed by atoms with Crippen molar-refractivity contribution in [2.75, 3.05) is 5.32 Å². The molecule has 0 saturated heterocycles. The average molecular weight is 338 g/mol. The maximum Gasteiger partial charge on any atom is 0.137 e. The van der Waals surface area contributed by atoms with E-state index in [0.29, 0.717) is 10.5 Å². The molecule has 5 unspecified atom stereocenters. The summed E-state index contributed by atoms with van der Waals surface area (Å²) in [6.07, 6.45) is 7.10. The molecule has 1 N–H and O–H groups in total. The van der Waals surface area contributed by atoms with Gasteiger partial charge in [-0.1, -0.05) is 6.42 Å². The van der Waals surface area contributed by atoms with Crippen molar-refractivity contribution in [2.45, 2.75) is 45.1 Å². The maximum absolute atomic E-state index is 13.5. The molecule has 0 aliphatic heterocycles. The van der Waals surface area contributed by atoms with Gasteiger partial charge in [0, 0.05) is 11.7 Å². The normalized spacial score (nSPS) is 38.2. The number of hydrogen-bond donors (Lipinski definition) is 1. The van der Waals surface area contributed by atoms with Crippen LogP contribution in [-0.2, 0) is 0 Å². The van der Waals surface area contributed by atoms with E-state index in [1.54, 1.807) is 6.07 Å². The zero-order valence-corrected chi connectivity index (χ0v) is 13.4.